The highest BCUT2D eigenvalue weighted by atomic mass is 16.3. The topological polar surface area (TPSA) is 21.3 Å². The second-order valence-corrected chi connectivity index (χ2v) is 18.2. The molecule has 0 spiro atoms. The van der Waals surface area contributed by atoms with Crippen molar-refractivity contribution in [2.24, 2.45) is 0 Å². The molecular weight excluding hydrogens is 801 g/mol. The lowest BCUT2D eigenvalue weighted by atomic mass is 9.80. The molecule has 9 aromatic carbocycles. The quantitative estimate of drug-likeness (QED) is 0.159. The maximum Gasteiger partial charge on any atom is 0.137 e. The molecule has 2 heterocycles. The first-order valence-corrected chi connectivity index (χ1v) is 23.0. The Hall–Kier alpha value is -8.32. The molecule has 0 aliphatic heterocycles. The van der Waals surface area contributed by atoms with Crippen molar-refractivity contribution < 1.29 is 4.42 Å². The molecule has 312 valence electrons. The van der Waals surface area contributed by atoms with Gasteiger partial charge in [-0.15, -0.1) is 0 Å². The first-order valence-electron chi connectivity index (χ1n) is 23.0. The highest BCUT2D eigenvalue weighted by Crippen LogP contribution is 2.56. The summed E-state index contributed by atoms with van der Waals surface area (Å²) in [6, 6.07) is 77.4. The number of nitrogens with zero attached hydrogens (tertiary/aromatic N) is 2. The summed E-state index contributed by atoms with van der Waals surface area (Å²) in [6.45, 7) is 4.76. The molecule has 0 fully saturated rings. The van der Waals surface area contributed by atoms with Gasteiger partial charge in [-0.25, -0.2) is 0 Å². The van der Waals surface area contributed by atoms with Gasteiger partial charge in [-0.2, -0.15) is 0 Å². The Morgan fingerprint density at radius 2 is 1.23 bits per heavy atom. The van der Waals surface area contributed by atoms with Crippen LogP contribution in [0.15, 0.2) is 216 Å². The standard InChI is InChI=1S/C63H44N2O/c1-63(2)52-26-14-12-25-48(52)61-53(63)27-16-29-57(61)65(55-35-32-43(41-18-6-3-7-19-41)38-49(55)42-20-8-4-9-21-42)58-30-17-31-60-62(58)51-40-45(34-37-59(51)66-60)44-33-36-56-50(39-44)47-24-13-15-28-54(47)64(56)46-22-10-5-11-23-46/h3-11,13-24,26-31,33-34,36-40H,12,25H2,1-2H3. The molecule has 0 radical (unpaired) electrons. The van der Waals surface area contributed by atoms with Gasteiger partial charge in [-0.05, 0) is 125 Å². The van der Waals surface area contributed by atoms with Gasteiger partial charge in [0.05, 0.1) is 27.8 Å². The van der Waals surface area contributed by atoms with Gasteiger partial charge in [0, 0.05) is 44.0 Å². The van der Waals surface area contributed by atoms with Crippen molar-refractivity contribution >= 4 is 66.4 Å². The highest BCUT2D eigenvalue weighted by molar-refractivity contribution is 6.16. The summed E-state index contributed by atoms with van der Waals surface area (Å²) in [5.74, 6) is 0. The van der Waals surface area contributed by atoms with E-state index in [0.29, 0.717) is 0 Å². The second-order valence-electron chi connectivity index (χ2n) is 18.2. The van der Waals surface area contributed by atoms with E-state index in [9.17, 15) is 0 Å². The fourth-order valence-electron chi connectivity index (χ4n) is 11.0. The molecule has 2 aliphatic rings. The predicted octanol–water partition coefficient (Wildman–Crippen LogP) is 17.1. The number of hydrogen-bond acceptors (Lipinski definition) is 2. The Bertz CT molecular complexity index is 3770. The minimum absolute atomic E-state index is 0.143. The summed E-state index contributed by atoms with van der Waals surface area (Å²) < 4.78 is 9.19. The SMILES string of the molecule is CC1(C)C2=C(CCC=C2)c2c(N(c3c#cc(-c4ccccc4)cc3-c3ccccc3)c3cccc4oc5ccc(-c6ccc7c(c6)c6ccccc6n7-c6ccccc6)cc5c34)cccc21. The van der Waals surface area contributed by atoms with Gasteiger partial charge < -0.3 is 13.9 Å². The van der Waals surface area contributed by atoms with Crippen LogP contribution in [0.5, 0.6) is 0 Å². The van der Waals surface area contributed by atoms with Gasteiger partial charge in [0.1, 0.15) is 16.9 Å². The molecule has 66 heavy (non-hydrogen) atoms. The van der Waals surface area contributed by atoms with Crippen molar-refractivity contribution in [3.05, 3.63) is 235 Å². The van der Waals surface area contributed by atoms with Gasteiger partial charge in [0.25, 0.3) is 0 Å². The summed E-state index contributed by atoms with van der Waals surface area (Å²) in [5, 5.41) is 4.58. The van der Waals surface area contributed by atoms with Crippen LogP contribution in [-0.2, 0) is 5.41 Å². The zero-order valence-corrected chi connectivity index (χ0v) is 36.8. The van der Waals surface area contributed by atoms with E-state index in [1.54, 1.807) is 0 Å². The van der Waals surface area contributed by atoms with Gasteiger partial charge in [0.2, 0.25) is 0 Å². The molecule has 0 saturated carbocycles. The number of anilines is 3. The van der Waals surface area contributed by atoms with E-state index in [2.05, 4.69) is 242 Å². The first kappa shape index (κ1) is 38.2. The molecule has 0 amide bonds. The van der Waals surface area contributed by atoms with Crippen LogP contribution < -0.4 is 4.90 Å². The molecular formula is C63H44N2O. The van der Waals surface area contributed by atoms with Gasteiger partial charge in [-0.3, -0.25) is 0 Å². The fourth-order valence-corrected chi connectivity index (χ4v) is 11.0. The Kier molecular flexibility index (Phi) is 8.60. The molecule has 0 saturated heterocycles. The van der Waals surface area contributed by atoms with E-state index in [1.165, 1.54) is 44.1 Å². The molecule has 3 nitrogen and oxygen atoms in total. The lowest BCUT2D eigenvalue weighted by molar-refractivity contribution is 0.651. The maximum atomic E-state index is 6.82. The third kappa shape index (κ3) is 5.85. The second kappa shape index (κ2) is 14.9. The lowest BCUT2D eigenvalue weighted by Gasteiger charge is -2.30. The van der Waals surface area contributed by atoms with Crippen molar-refractivity contribution in [2.45, 2.75) is 32.1 Å². The molecule has 0 atom stereocenters. The van der Waals surface area contributed by atoms with Gasteiger partial charge >= 0.3 is 0 Å². The third-order valence-corrected chi connectivity index (χ3v) is 14.1. The normalized spacial score (nSPS) is 14.0. The van der Waals surface area contributed by atoms with E-state index in [0.717, 1.165) is 90.9 Å². The summed E-state index contributed by atoms with van der Waals surface area (Å²) >= 11 is 0. The van der Waals surface area contributed by atoms with E-state index in [1.807, 2.05) is 0 Å². The average Bonchev–Trinajstić information content (AvgIpc) is 4.00. The Labute approximate surface area is 384 Å². The van der Waals surface area contributed by atoms with Crippen LogP contribution in [0.1, 0.15) is 37.8 Å². The Morgan fingerprint density at radius 3 is 2.05 bits per heavy atom. The molecule has 0 N–H and O–H groups in total. The molecule has 11 aromatic rings. The van der Waals surface area contributed by atoms with Crippen molar-refractivity contribution in [1.29, 1.82) is 0 Å². The monoisotopic (exact) mass is 844 g/mol. The Balaban J connectivity index is 1.06. The van der Waals surface area contributed by atoms with E-state index < -0.39 is 0 Å². The zero-order valence-electron chi connectivity index (χ0n) is 36.8. The first-order chi connectivity index (χ1) is 32.5. The molecule has 13 rings (SSSR count). The summed E-state index contributed by atoms with van der Waals surface area (Å²) in [4.78, 5) is 2.46. The molecule has 0 bridgehead atoms. The number of aromatic nitrogens is 1. The Morgan fingerprint density at radius 1 is 0.545 bits per heavy atom. The average molecular weight is 845 g/mol. The molecule has 2 aliphatic carbocycles. The number of allylic oxidation sites excluding steroid dienone is 4. The van der Waals surface area contributed by atoms with Crippen LogP contribution in [0.4, 0.5) is 17.1 Å². The van der Waals surface area contributed by atoms with Gasteiger partial charge in [-0.1, -0.05) is 159 Å². The summed E-state index contributed by atoms with van der Waals surface area (Å²) in [6.07, 6.45) is 6.74. The molecule has 3 heteroatoms. The van der Waals surface area contributed by atoms with Crippen LogP contribution >= 0.6 is 0 Å². The van der Waals surface area contributed by atoms with Crippen LogP contribution in [-0.4, -0.2) is 4.57 Å². The number of rotatable bonds is 7. The van der Waals surface area contributed by atoms with Crippen molar-refractivity contribution in [3.8, 4) is 39.1 Å². The predicted molar refractivity (Wildman–Crippen MR) is 275 cm³/mol. The lowest BCUT2D eigenvalue weighted by Crippen LogP contribution is -2.18. The minimum Gasteiger partial charge on any atom is -0.456 e. The number of hydrogen-bond donors (Lipinski definition) is 0. The molecule has 2 aromatic heterocycles. The van der Waals surface area contributed by atoms with E-state index >= 15 is 0 Å². The number of para-hydroxylation sites is 2. The van der Waals surface area contributed by atoms with Crippen molar-refractivity contribution in [2.75, 3.05) is 4.90 Å². The number of furan rings is 1. The largest absolute Gasteiger partial charge is 0.456 e. The summed E-state index contributed by atoms with van der Waals surface area (Å²) in [5.41, 5.74) is 20.3. The third-order valence-electron chi connectivity index (χ3n) is 14.1. The van der Waals surface area contributed by atoms with Crippen molar-refractivity contribution in [1.82, 2.24) is 4.57 Å². The van der Waals surface area contributed by atoms with Gasteiger partial charge in [0.15, 0.2) is 0 Å². The number of benzene rings is 8. The smallest absolute Gasteiger partial charge is 0.137 e. The maximum absolute atomic E-state index is 6.82. The zero-order chi connectivity index (χ0) is 43.9. The molecule has 0 unspecified atom stereocenters. The van der Waals surface area contributed by atoms with Crippen LogP contribution in [0, 0.1) is 12.1 Å². The fraction of sp³-hybridized carbons (Fsp3) is 0.0794. The van der Waals surface area contributed by atoms with Crippen LogP contribution in [0.3, 0.4) is 0 Å². The van der Waals surface area contributed by atoms with Crippen LogP contribution in [0.25, 0.3) is 88.4 Å². The minimum atomic E-state index is -0.143. The van der Waals surface area contributed by atoms with E-state index in [4.69, 9.17) is 4.42 Å². The van der Waals surface area contributed by atoms with Crippen LogP contribution in [0.2, 0.25) is 0 Å². The van der Waals surface area contributed by atoms with Crippen molar-refractivity contribution in [3.63, 3.8) is 0 Å². The number of fused-ring (bicyclic) bond motifs is 8. The highest BCUT2D eigenvalue weighted by Gasteiger charge is 2.40. The van der Waals surface area contributed by atoms with E-state index in [-0.39, 0.29) is 5.41 Å². The summed E-state index contributed by atoms with van der Waals surface area (Å²) in [7, 11) is 0.